The number of amides is 2. The van der Waals surface area contributed by atoms with E-state index < -0.39 is 23.4 Å². The second-order valence-electron chi connectivity index (χ2n) is 8.43. The number of aliphatic imine (C=N–C) groups is 1. The number of anilines is 1. The van der Waals surface area contributed by atoms with Crippen molar-refractivity contribution in [3.05, 3.63) is 29.3 Å². The van der Waals surface area contributed by atoms with E-state index in [1.807, 2.05) is 18.2 Å². The molecule has 0 fully saturated rings. The Morgan fingerprint density at radius 2 is 1.63 bits per heavy atom. The number of carbonyl (C=O) groups excluding carboxylic acids is 2. The molecule has 0 radical (unpaired) electrons. The number of guanidine groups is 1. The van der Waals surface area contributed by atoms with Crippen LogP contribution in [0.4, 0.5) is 15.3 Å². The minimum absolute atomic E-state index is 0.0771. The van der Waals surface area contributed by atoms with Gasteiger partial charge in [-0.15, -0.1) is 4.99 Å². The Kier molecular flexibility index (Phi) is 5.67. The molecule has 148 valence electrons. The zero-order valence-corrected chi connectivity index (χ0v) is 16.8. The van der Waals surface area contributed by atoms with Crippen LogP contribution in [-0.4, -0.2) is 34.2 Å². The van der Waals surface area contributed by atoms with Gasteiger partial charge in [-0.05, 0) is 64.8 Å². The van der Waals surface area contributed by atoms with Gasteiger partial charge in [0, 0.05) is 18.8 Å². The van der Waals surface area contributed by atoms with Gasteiger partial charge in [-0.25, -0.2) is 9.59 Å². The molecule has 0 saturated heterocycles. The highest BCUT2D eigenvalue weighted by atomic mass is 16.6. The van der Waals surface area contributed by atoms with Crippen LogP contribution in [0.15, 0.2) is 23.2 Å². The van der Waals surface area contributed by atoms with E-state index in [4.69, 9.17) is 15.2 Å². The van der Waals surface area contributed by atoms with E-state index in [1.165, 1.54) is 0 Å². The third-order valence-corrected chi connectivity index (χ3v) is 3.46. The lowest BCUT2D eigenvalue weighted by molar-refractivity contribution is 0.0554. The Morgan fingerprint density at radius 1 is 1.04 bits per heavy atom. The molecule has 3 N–H and O–H groups in total. The van der Waals surface area contributed by atoms with Crippen molar-refractivity contribution in [2.75, 3.05) is 5.73 Å². The molecule has 27 heavy (non-hydrogen) atoms. The minimum atomic E-state index is -0.788. The summed E-state index contributed by atoms with van der Waals surface area (Å²) in [6, 6.07) is 5.60. The monoisotopic (exact) mass is 376 g/mol. The lowest BCUT2D eigenvalue weighted by atomic mass is 10.1. The van der Waals surface area contributed by atoms with Gasteiger partial charge in [-0.3, -0.25) is 5.32 Å². The van der Waals surface area contributed by atoms with Crippen LogP contribution in [0.2, 0.25) is 0 Å². The Morgan fingerprint density at radius 3 is 2.22 bits per heavy atom. The number of carbonyl (C=O) groups is 2. The summed E-state index contributed by atoms with van der Waals surface area (Å²) in [5, 5.41) is 2.56. The maximum atomic E-state index is 12.2. The average molecular weight is 376 g/mol. The van der Waals surface area contributed by atoms with Gasteiger partial charge in [-0.2, -0.15) is 0 Å². The van der Waals surface area contributed by atoms with Crippen molar-refractivity contribution in [3.8, 4) is 0 Å². The van der Waals surface area contributed by atoms with Gasteiger partial charge in [0.2, 0.25) is 5.96 Å². The number of alkyl carbamates (subject to hydrolysis) is 1. The van der Waals surface area contributed by atoms with Gasteiger partial charge in [0.05, 0.1) is 0 Å². The number of hydrogen-bond donors (Lipinski definition) is 2. The van der Waals surface area contributed by atoms with Crippen LogP contribution >= 0.6 is 0 Å². The predicted molar refractivity (Wildman–Crippen MR) is 103 cm³/mol. The van der Waals surface area contributed by atoms with Crippen molar-refractivity contribution in [2.24, 2.45) is 4.99 Å². The summed E-state index contributed by atoms with van der Waals surface area (Å²) in [7, 11) is 0. The zero-order valence-electron chi connectivity index (χ0n) is 16.8. The summed E-state index contributed by atoms with van der Waals surface area (Å²) in [6.45, 7) is 11.4. The van der Waals surface area contributed by atoms with E-state index >= 15 is 0 Å². The van der Waals surface area contributed by atoms with E-state index in [0.717, 1.165) is 11.1 Å². The normalized spacial score (nSPS) is 14.6. The first-order chi connectivity index (χ1) is 12.3. The van der Waals surface area contributed by atoms with Crippen LogP contribution in [0.5, 0.6) is 0 Å². The van der Waals surface area contributed by atoms with Gasteiger partial charge in [0.1, 0.15) is 11.2 Å². The molecule has 1 heterocycles. The number of nitrogens with zero attached hydrogens (tertiary/aromatic N) is 2. The van der Waals surface area contributed by atoms with Crippen LogP contribution in [0.25, 0.3) is 0 Å². The summed E-state index contributed by atoms with van der Waals surface area (Å²) < 4.78 is 10.5. The summed E-state index contributed by atoms with van der Waals surface area (Å²) in [5.74, 6) is 0.0771. The predicted octanol–water partition coefficient (Wildman–Crippen LogP) is 3.40. The highest BCUT2D eigenvalue weighted by molar-refractivity contribution is 5.99. The summed E-state index contributed by atoms with van der Waals surface area (Å²) in [5.41, 5.74) is 7.18. The fraction of sp³-hybridized carbons (Fsp3) is 0.526. The van der Waals surface area contributed by atoms with E-state index in [1.54, 1.807) is 46.4 Å². The van der Waals surface area contributed by atoms with E-state index in [2.05, 4.69) is 10.3 Å². The van der Waals surface area contributed by atoms with Crippen LogP contribution in [0.3, 0.4) is 0 Å². The highest BCUT2D eigenvalue weighted by Gasteiger charge is 2.27. The second-order valence-corrected chi connectivity index (χ2v) is 8.43. The van der Waals surface area contributed by atoms with Crippen molar-refractivity contribution < 1.29 is 19.1 Å². The Hall–Kier alpha value is -2.77. The summed E-state index contributed by atoms with van der Waals surface area (Å²) in [4.78, 5) is 30.1. The molecule has 0 aliphatic carbocycles. The maximum Gasteiger partial charge on any atom is 0.437 e. The Balaban J connectivity index is 2.22. The first kappa shape index (κ1) is 20.5. The zero-order chi connectivity index (χ0) is 20.4. The van der Waals surface area contributed by atoms with Gasteiger partial charge >= 0.3 is 12.2 Å². The van der Waals surface area contributed by atoms with Gasteiger partial charge in [0.15, 0.2) is 0 Å². The van der Waals surface area contributed by atoms with Crippen molar-refractivity contribution in [2.45, 2.75) is 65.8 Å². The molecular weight excluding hydrogens is 348 g/mol. The molecular formula is C19H28N4O4. The fourth-order valence-electron chi connectivity index (χ4n) is 2.51. The second kappa shape index (κ2) is 7.46. The maximum absolute atomic E-state index is 12.2. The number of nitrogens with two attached hydrogens (primary N) is 1. The number of hydrogen-bond acceptors (Lipinski definition) is 5. The van der Waals surface area contributed by atoms with Crippen molar-refractivity contribution >= 4 is 23.8 Å². The molecule has 0 spiro atoms. The smallest absolute Gasteiger partial charge is 0.437 e. The summed E-state index contributed by atoms with van der Waals surface area (Å²) >= 11 is 0. The van der Waals surface area contributed by atoms with E-state index in [9.17, 15) is 9.59 Å². The quantitative estimate of drug-likeness (QED) is 0.408. The van der Waals surface area contributed by atoms with E-state index in [-0.39, 0.29) is 5.96 Å². The Bertz CT molecular complexity index is 760. The van der Waals surface area contributed by atoms with E-state index in [0.29, 0.717) is 18.8 Å². The van der Waals surface area contributed by atoms with Gasteiger partial charge in [0.25, 0.3) is 0 Å². The molecule has 0 unspecified atom stereocenters. The molecule has 1 aliphatic rings. The molecule has 0 bridgehead atoms. The number of rotatable bonds is 0. The third-order valence-electron chi connectivity index (χ3n) is 3.46. The molecule has 2 rings (SSSR count). The van der Waals surface area contributed by atoms with Crippen LogP contribution in [-0.2, 0) is 22.6 Å². The topological polar surface area (TPSA) is 106 Å². The standard InChI is InChI=1S/C19H28N4O4/c1-18(2,3)26-16(24)21-15(22-17(25)27-19(4,5)6)23-10-12-7-8-14(20)9-13(12)11-23/h7-9H,10-11,20H2,1-6H3,(H,21,22,24,25). The first-order valence-electron chi connectivity index (χ1n) is 8.76. The molecule has 0 saturated carbocycles. The average Bonchev–Trinajstić information content (AvgIpc) is 2.85. The molecule has 8 heteroatoms. The number of nitrogen functional groups attached to an aromatic ring is 1. The van der Waals surface area contributed by atoms with Crippen LogP contribution < -0.4 is 11.1 Å². The number of fused-ring (bicyclic) bond motifs is 1. The highest BCUT2D eigenvalue weighted by Crippen LogP contribution is 2.25. The van der Waals surface area contributed by atoms with Crippen molar-refractivity contribution in [1.82, 2.24) is 10.2 Å². The van der Waals surface area contributed by atoms with Crippen LogP contribution in [0.1, 0.15) is 52.7 Å². The molecule has 1 aromatic carbocycles. The first-order valence-corrected chi connectivity index (χ1v) is 8.76. The molecule has 0 atom stereocenters. The largest absolute Gasteiger partial charge is 0.444 e. The lowest BCUT2D eigenvalue weighted by Gasteiger charge is -2.24. The lowest BCUT2D eigenvalue weighted by Crippen LogP contribution is -2.44. The number of benzene rings is 1. The molecule has 8 nitrogen and oxygen atoms in total. The number of ether oxygens (including phenoxy) is 2. The minimum Gasteiger partial charge on any atom is -0.444 e. The molecule has 1 aliphatic heterocycles. The molecule has 1 aromatic rings. The third kappa shape index (κ3) is 6.47. The van der Waals surface area contributed by atoms with Crippen molar-refractivity contribution in [1.29, 1.82) is 0 Å². The fourth-order valence-corrected chi connectivity index (χ4v) is 2.51. The van der Waals surface area contributed by atoms with Gasteiger partial charge in [-0.1, -0.05) is 6.07 Å². The van der Waals surface area contributed by atoms with Crippen LogP contribution in [0, 0.1) is 0 Å². The summed E-state index contributed by atoms with van der Waals surface area (Å²) in [6.07, 6.45) is -1.48. The molecule has 0 aromatic heterocycles. The van der Waals surface area contributed by atoms with Crippen molar-refractivity contribution in [3.63, 3.8) is 0 Å². The van der Waals surface area contributed by atoms with Gasteiger partial charge < -0.3 is 20.1 Å². The Labute approximate surface area is 159 Å². The SMILES string of the molecule is CC(C)(C)OC(=O)N=C(NC(=O)OC(C)(C)C)N1Cc2ccc(N)cc2C1. The number of nitrogens with one attached hydrogen (secondary N) is 1. The molecule has 2 amide bonds.